The molecule has 232 valence electrons. The molecule has 2 aliphatic heterocycles. The van der Waals surface area contributed by atoms with E-state index in [0.29, 0.717) is 35.4 Å². The standard InChI is InChI=1S/C34H41N5O4S/c1-3-23-43-29-15-13-26(14-16-29)35-32(40)25-31-33(41)39(28-11-7-12-30(24-28)42-2)34(44)38(31)18-8-17-36-19-21-37(22-20-36)27-9-5-4-6-10-27/h4-7,9-16,24,31H,3,8,17-23,25H2,1-2H3,(H,35,40)/t31-/m1/s1. The Hall–Kier alpha value is -4.15. The van der Waals surface area contributed by atoms with Gasteiger partial charge in [-0.05, 0) is 80.1 Å². The number of carbonyl (C=O) groups excluding carboxylic acids is 2. The molecule has 0 radical (unpaired) electrons. The van der Waals surface area contributed by atoms with Gasteiger partial charge in [-0.15, -0.1) is 0 Å². The first-order valence-corrected chi connectivity index (χ1v) is 15.7. The Labute approximate surface area is 265 Å². The van der Waals surface area contributed by atoms with Gasteiger partial charge in [0.15, 0.2) is 5.11 Å². The Morgan fingerprint density at radius 2 is 1.64 bits per heavy atom. The molecular weight excluding hydrogens is 574 g/mol. The van der Waals surface area contributed by atoms with Crippen molar-refractivity contribution in [3.8, 4) is 11.5 Å². The van der Waals surface area contributed by atoms with Crippen molar-refractivity contribution < 1.29 is 19.1 Å². The summed E-state index contributed by atoms with van der Waals surface area (Å²) in [5, 5.41) is 3.35. The van der Waals surface area contributed by atoms with Gasteiger partial charge in [-0.3, -0.25) is 19.4 Å². The number of nitrogens with one attached hydrogen (secondary N) is 1. The maximum Gasteiger partial charge on any atom is 0.256 e. The summed E-state index contributed by atoms with van der Waals surface area (Å²) >= 11 is 5.87. The summed E-state index contributed by atoms with van der Waals surface area (Å²) in [6, 6.07) is 24.4. The normalized spacial score (nSPS) is 17.2. The Bertz CT molecular complexity index is 1410. The molecule has 2 heterocycles. The second-order valence-corrected chi connectivity index (χ2v) is 11.4. The predicted octanol–water partition coefficient (Wildman–Crippen LogP) is 5.03. The lowest BCUT2D eigenvalue weighted by Gasteiger charge is -2.36. The van der Waals surface area contributed by atoms with E-state index in [9.17, 15) is 9.59 Å². The van der Waals surface area contributed by atoms with Crippen LogP contribution in [0.5, 0.6) is 11.5 Å². The smallest absolute Gasteiger partial charge is 0.256 e. The minimum Gasteiger partial charge on any atom is -0.497 e. The first-order chi connectivity index (χ1) is 21.5. The molecule has 1 N–H and O–H groups in total. The van der Waals surface area contributed by atoms with E-state index in [-0.39, 0.29) is 18.2 Å². The first kappa shape index (κ1) is 31.3. The van der Waals surface area contributed by atoms with Crippen LogP contribution in [0, 0.1) is 0 Å². The van der Waals surface area contributed by atoms with Crippen LogP contribution in [-0.2, 0) is 9.59 Å². The fourth-order valence-electron chi connectivity index (χ4n) is 5.65. The van der Waals surface area contributed by atoms with Gasteiger partial charge in [0, 0.05) is 50.2 Å². The van der Waals surface area contributed by atoms with Crippen molar-refractivity contribution in [1.82, 2.24) is 9.80 Å². The fourth-order valence-corrected chi connectivity index (χ4v) is 6.06. The van der Waals surface area contributed by atoms with Gasteiger partial charge >= 0.3 is 0 Å². The van der Waals surface area contributed by atoms with Crippen molar-refractivity contribution in [1.29, 1.82) is 0 Å². The Morgan fingerprint density at radius 1 is 0.909 bits per heavy atom. The van der Waals surface area contributed by atoms with Crippen LogP contribution in [0.15, 0.2) is 78.9 Å². The highest BCUT2D eigenvalue weighted by molar-refractivity contribution is 7.80. The summed E-state index contributed by atoms with van der Waals surface area (Å²) in [5.41, 5.74) is 2.54. The second kappa shape index (κ2) is 15.0. The monoisotopic (exact) mass is 615 g/mol. The molecule has 10 heteroatoms. The summed E-state index contributed by atoms with van der Waals surface area (Å²) in [7, 11) is 1.59. The van der Waals surface area contributed by atoms with E-state index in [1.165, 1.54) is 10.6 Å². The zero-order valence-corrected chi connectivity index (χ0v) is 26.3. The van der Waals surface area contributed by atoms with Crippen LogP contribution in [0.3, 0.4) is 0 Å². The number of hydrogen-bond acceptors (Lipinski definition) is 7. The number of para-hydroxylation sites is 1. The average molecular weight is 616 g/mol. The first-order valence-electron chi connectivity index (χ1n) is 15.3. The number of nitrogens with zero attached hydrogens (tertiary/aromatic N) is 4. The Kier molecular flexibility index (Phi) is 10.7. The van der Waals surface area contributed by atoms with Crippen LogP contribution in [0.4, 0.5) is 17.1 Å². The van der Waals surface area contributed by atoms with Gasteiger partial charge in [0.1, 0.15) is 17.5 Å². The minimum atomic E-state index is -0.698. The van der Waals surface area contributed by atoms with Gasteiger partial charge in [0.25, 0.3) is 5.91 Å². The van der Waals surface area contributed by atoms with Crippen molar-refractivity contribution in [2.75, 3.05) is 68.1 Å². The van der Waals surface area contributed by atoms with Crippen LogP contribution in [0.1, 0.15) is 26.2 Å². The maximum atomic E-state index is 13.8. The molecule has 0 spiro atoms. The van der Waals surface area contributed by atoms with Crippen molar-refractivity contribution in [3.63, 3.8) is 0 Å². The third-order valence-corrected chi connectivity index (χ3v) is 8.40. The number of piperazine rings is 1. The molecule has 2 fully saturated rings. The number of thiocarbonyl (C=S) groups is 1. The van der Waals surface area contributed by atoms with E-state index >= 15 is 0 Å². The maximum absolute atomic E-state index is 13.8. The number of amides is 2. The van der Waals surface area contributed by atoms with Gasteiger partial charge in [0.05, 0.1) is 25.8 Å². The molecule has 0 bridgehead atoms. The minimum absolute atomic E-state index is 0.0106. The molecule has 3 aromatic rings. The van der Waals surface area contributed by atoms with Crippen molar-refractivity contribution >= 4 is 46.2 Å². The van der Waals surface area contributed by atoms with Gasteiger partial charge in [-0.1, -0.05) is 31.2 Å². The molecule has 1 atom stereocenters. The molecule has 3 aromatic carbocycles. The van der Waals surface area contributed by atoms with E-state index in [1.54, 1.807) is 13.2 Å². The fraction of sp³-hybridized carbons (Fsp3) is 0.382. The molecule has 0 unspecified atom stereocenters. The van der Waals surface area contributed by atoms with Gasteiger partial charge in [0.2, 0.25) is 5.91 Å². The number of benzene rings is 3. The Balaban J connectivity index is 1.23. The van der Waals surface area contributed by atoms with Crippen LogP contribution in [0.2, 0.25) is 0 Å². The molecule has 2 amide bonds. The second-order valence-electron chi connectivity index (χ2n) is 11.0. The number of rotatable bonds is 13. The average Bonchev–Trinajstić information content (AvgIpc) is 3.29. The largest absolute Gasteiger partial charge is 0.497 e. The van der Waals surface area contributed by atoms with Gasteiger partial charge < -0.3 is 24.6 Å². The lowest BCUT2D eigenvalue weighted by molar-refractivity contribution is -0.124. The molecule has 9 nitrogen and oxygen atoms in total. The molecule has 2 aliphatic rings. The van der Waals surface area contributed by atoms with Crippen molar-refractivity contribution in [2.45, 2.75) is 32.2 Å². The highest BCUT2D eigenvalue weighted by Crippen LogP contribution is 2.30. The van der Waals surface area contributed by atoms with Crippen molar-refractivity contribution in [3.05, 3.63) is 78.9 Å². The summed E-state index contributed by atoms with van der Waals surface area (Å²) in [5.74, 6) is 0.927. The quantitative estimate of drug-likeness (QED) is 0.269. The van der Waals surface area contributed by atoms with Gasteiger partial charge in [-0.25, -0.2) is 0 Å². The van der Waals surface area contributed by atoms with Crippen LogP contribution < -0.4 is 24.6 Å². The lowest BCUT2D eigenvalue weighted by atomic mass is 10.1. The van der Waals surface area contributed by atoms with Crippen LogP contribution in [0.25, 0.3) is 0 Å². The van der Waals surface area contributed by atoms with Crippen molar-refractivity contribution in [2.24, 2.45) is 0 Å². The number of hydrogen-bond donors (Lipinski definition) is 1. The topological polar surface area (TPSA) is 77.6 Å². The molecular formula is C34H41N5O4S. The van der Waals surface area contributed by atoms with E-state index in [0.717, 1.165) is 51.3 Å². The van der Waals surface area contributed by atoms with E-state index in [2.05, 4.69) is 46.3 Å². The van der Waals surface area contributed by atoms with Gasteiger partial charge in [-0.2, -0.15) is 0 Å². The van der Waals surface area contributed by atoms with E-state index in [1.807, 2.05) is 53.4 Å². The zero-order chi connectivity index (χ0) is 30.9. The Morgan fingerprint density at radius 3 is 2.34 bits per heavy atom. The summed E-state index contributed by atoms with van der Waals surface area (Å²) in [6.45, 7) is 8.05. The SMILES string of the molecule is CCCOc1ccc(NC(=O)C[C@@H]2C(=O)N(c3cccc(OC)c3)C(=S)N2CCCN2CCN(c3ccccc3)CC2)cc1. The molecule has 0 aromatic heterocycles. The molecule has 2 saturated heterocycles. The number of carbonyl (C=O) groups is 2. The van der Waals surface area contributed by atoms with E-state index in [4.69, 9.17) is 21.7 Å². The number of ether oxygens (including phenoxy) is 2. The third-order valence-electron chi connectivity index (χ3n) is 7.99. The molecule has 44 heavy (non-hydrogen) atoms. The van der Waals surface area contributed by atoms with Crippen LogP contribution >= 0.6 is 12.2 Å². The van der Waals surface area contributed by atoms with E-state index < -0.39 is 6.04 Å². The zero-order valence-electron chi connectivity index (χ0n) is 25.5. The summed E-state index contributed by atoms with van der Waals surface area (Å²) < 4.78 is 11.0. The predicted molar refractivity (Wildman–Crippen MR) is 179 cm³/mol. The molecule has 0 aliphatic carbocycles. The molecule has 0 saturated carbocycles. The molecule has 5 rings (SSSR count). The van der Waals surface area contributed by atoms with Crippen LogP contribution in [-0.4, -0.2) is 85.8 Å². The third kappa shape index (κ3) is 7.67. The number of methoxy groups -OCH3 is 1. The summed E-state index contributed by atoms with van der Waals surface area (Å²) in [4.78, 5) is 35.4. The number of anilines is 3. The highest BCUT2D eigenvalue weighted by atomic mass is 32.1. The summed E-state index contributed by atoms with van der Waals surface area (Å²) in [6.07, 6.45) is 1.73. The lowest BCUT2D eigenvalue weighted by Crippen LogP contribution is -2.47. The highest BCUT2D eigenvalue weighted by Gasteiger charge is 2.44.